The van der Waals surface area contributed by atoms with Gasteiger partial charge in [-0.25, -0.2) is 41.6 Å². The van der Waals surface area contributed by atoms with Crippen LogP contribution < -0.4 is 14.4 Å². The van der Waals surface area contributed by atoms with Crippen LogP contribution in [0.2, 0.25) is 0 Å². The lowest BCUT2D eigenvalue weighted by Gasteiger charge is -2.36. The minimum Gasteiger partial charge on any atom is -0.479 e. The number of halogens is 2. The fourth-order valence-corrected chi connectivity index (χ4v) is 5.44. The second kappa shape index (κ2) is 11.0. The number of methoxy groups -OCH3 is 1. The van der Waals surface area contributed by atoms with Crippen LogP contribution in [0.4, 0.5) is 25.1 Å². The average molecular weight is 603 g/mol. The number of aromatic nitrogens is 5. The van der Waals surface area contributed by atoms with Gasteiger partial charge in [-0.1, -0.05) is 0 Å². The van der Waals surface area contributed by atoms with E-state index in [0.717, 1.165) is 12.1 Å². The third-order valence-corrected chi connectivity index (χ3v) is 7.65. The summed E-state index contributed by atoms with van der Waals surface area (Å²) in [6, 6.07) is 3.55. The highest BCUT2D eigenvalue weighted by molar-refractivity contribution is 7.92. The summed E-state index contributed by atoms with van der Waals surface area (Å²) in [6.07, 6.45) is 4.10. The molecule has 0 radical (unpaired) electrons. The third-order valence-electron chi connectivity index (χ3n) is 6.25. The molecule has 222 valence electrons. The number of hydrogen-bond donors (Lipinski definition) is 1. The van der Waals surface area contributed by atoms with Crippen LogP contribution in [0.25, 0.3) is 16.7 Å². The van der Waals surface area contributed by atoms with Crippen LogP contribution in [0.5, 0.6) is 5.88 Å². The van der Waals surface area contributed by atoms with Crippen LogP contribution in [0.3, 0.4) is 0 Å². The van der Waals surface area contributed by atoms with E-state index in [4.69, 9.17) is 9.47 Å². The molecule has 0 saturated carbocycles. The highest BCUT2D eigenvalue weighted by Gasteiger charge is 2.28. The number of benzene rings is 1. The molecule has 16 heteroatoms. The molecule has 0 atom stereocenters. The van der Waals surface area contributed by atoms with Crippen LogP contribution in [-0.4, -0.2) is 83.0 Å². The summed E-state index contributed by atoms with van der Waals surface area (Å²) >= 11 is 0. The van der Waals surface area contributed by atoms with E-state index in [9.17, 15) is 22.0 Å². The zero-order valence-corrected chi connectivity index (χ0v) is 24.0. The van der Waals surface area contributed by atoms with Crippen molar-refractivity contribution in [2.45, 2.75) is 31.3 Å². The number of amides is 1. The summed E-state index contributed by atoms with van der Waals surface area (Å²) in [6.45, 7) is 7.34. The monoisotopic (exact) mass is 602 g/mol. The molecule has 1 aliphatic rings. The Labute approximate surface area is 240 Å². The topological polar surface area (TPSA) is 145 Å². The summed E-state index contributed by atoms with van der Waals surface area (Å²) in [5.74, 6) is -1.62. The molecule has 1 N–H and O–H groups in total. The molecule has 4 heterocycles. The first kappa shape index (κ1) is 28.9. The number of nitrogens with zero attached hydrogens (tertiary/aromatic N) is 7. The molecule has 1 aliphatic heterocycles. The maximum Gasteiger partial charge on any atom is 0.410 e. The van der Waals surface area contributed by atoms with Crippen LogP contribution in [0, 0.1) is 11.6 Å². The predicted octanol–water partition coefficient (Wildman–Crippen LogP) is 3.36. The zero-order valence-electron chi connectivity index (χ0n) is 23.2. The van der Waals surface area contributed by atoms with Crippen molar-refractivity contribution in [1.82, 2.24) is 29.6 Å². The maximum atomic E-state index is 14.2. The number of fused-ring (bicyclic) bond motifs is 1. The number of carbonyl (C=O) groups is 1. The molecule has 42 heavy (non-hydrogen) atoms. The number of nitrogens with one attached hydrogen (secondary N) is 1. The van der Waals surface area contributed by atoms with E-state index in [2.05, 4.69) is 24.8 Å². The van der Waals surface area contributed by atoms with E-state index in [1.165, 1.54) is 30.4 Å². The van der Waals surface area contributed by atoms with Gasteiger partial charge in [0.25, 0.3) is 10.0 Å². The Morgan fingerprint density at radius 2 is 1.79 bits per heavy atom. The number of ether oxygens (including phenoxy) is 2. The Balaban J connectivity index is 1.41. The van der Waals surface area contributed by atoms with Crippen LogP contribution in [0.1, 0.15) is 20.8 Å². The van der Waals surface area contributed by atoms with Gasteiger partial charge in [-0.3, -0.25) is 4.72 Å². The van der Waals surface area contributed by atoms with Gasteiger partial charge in [-0.15, -0.1) is 5.10 Å². The van der Waals surface area contributed by atoms with Gasteiger partial charge in [-0.2, -0.15) is 0 Å². The quantitative estimate of drug-likeness (QED) is 0.349. The highest BCUT2D eigenvalue weighted by Crippen LogP contribution is 2.30. The van der Waals surface area contributed by atoms with Crippen LogP contribution in [0.15, 0.2) is 47.9 Å². The highest BCUT2D eigenvalue weighted by atomic mass is 32.2. The van der Waals surface area contributed by atoms with E-state index in [1.54, 1.807) is 11.1 Å². The van der Waals surface area contributed by atoms with E-state index in [-0.39, 0.29) is 17.7 Å². The molecule has 4 aromatic rings. The minimum atomic E-state index is -4.47. The van der Waals surface area contributed by atoms with Crippen molar-refractivity contribution >= 4 is 38.7 Å². The fourth-order valence-electron chi connectivity index (χ4n) is 4.33. The number of pyridine rings is 1. The number of sulfonamides is 1. The number of carbonyl (C=O) groups excluding carboxylic acids is 1. The SMILES string of the molecule is COc1ncc(-n2cc3c(N4CCN(C(=O)OC(C)(C)C)CC4)ncnc3n2)cc1NS(=O)(=O)c1ccc(F)cc1F. The largest absolute Gasteiger partial charge is 0.479 e. The lowest BCUT2D eigenvalue weighted by molar-refractivity contribution is 0.0240. The number of anilines is 2. The number of piperazine rings is 1. The van der Waals surface area contributed by atoms with Gasteiger partial charge in [-0.05, 0) is 39.0 Å². The Kier molecular flexibility index (Phi) is 7.57. The van der Waals surface area contributed by atoms with E-state index in [0.29, 0.717) is 54.8 Å². The Morgan fingerprint density at radius 3 is 2.45 bits per heavy atom. The van der Waals surface area contributed by atoms with E-state index < -0.39 is 32.2 Å². The number of hydrogen-bond acceptors (Lipinski definition) is 10. The molecule has 1 amide bonds. The molecule has 3 aromatic heterocycles. The first-order valence-corrected chi connectivity index (χ1v) is 14.3. The lowest BCUT2D eigenvalue weighted by Crippen LogP contribution is -2.50. The average Bonchev–Trinajstić information content (AvgIpc) is 3.36. The first-order valence-electron chi connectivity index (χ1n) is 12.8. The van der Waals surface area contributed by atoms with Crippen molar-refractivity contribution in [1.29, 1.82) is 0 Å². The molecule has 0 aliphatic carbocycles. The summed E-state index contributed by atoms with van der Waals surface area (Å²) < 4.78 is 67.8. The first-order chi connectivity index (χ1) is 19.8. The molecule has 0 bridgehead atoms. The Hall–Kier alpha value is -4.60. The fraction of sp³-hybridized carbons (Fsp3) is 0.346. The van der Waals surface area contributed by atoms with Crippen molar-refractivity contribution < 1.29 is 31.5 Å². The van der Waals surface area contributed by atoms with Crippen molar-refractivity contribution in [2.24, 2.45) is 0 Å². The van der Waals surface area contributed by atoms with E-state index >= 15 is 0 Å². The molecular formula is C26H28F2N8O5S. The molecular weight excluding hydrogens is 574 g/mol. The van der Waals surface area contributed by atoms with Crippen molar-refractivity contribution in [3.05, 3.63) is 54.6 Å². The van der Waals surface area contributed by atoms with Gasteiger partial charge < -0.3 is 19.3 Å². The van der Waals surface area contributed by atoms with Crippen molar-refractivity contribution in [3.8, 4) is 11.6 Å². The lowest BCUT2D eigenvalue weighted by atomic mass is 10.2. The van der Waals surface area contributed by atoms with Gasteiger partial charge in [0.2, 0.25) is 5.88 Å². The Bertz CT molecular complexity index is 1750. The van der Waals surface area contributed by atoms with Crippen LogP contribution in [-0.2, 0) is 14.8 Å². The van der Waals surface area contributed by atoms with Gasteiger partial charge in [0.1, 0.15) is 40.0 Å². The zero-order chi connectivity index (χ0) is 30.2. The van der Waals surface area contributed by atoms with E-state index in [1.807, 2.05) is 25.7 Å². The Morgan fingerprint density at radius 1 is 1.05 bits per heavy atom. The molecule has 1 saturated heterocycles. The summed E-state index contributed by atoms with van der Waals surface area (Å²) in [7, 11) is -3.17. The normalized spacial score (nSPS) is 14.2. The summed E-state index contributed by atoms with van der Waals surface area (Å²) in [4.78, 5) is 28.2. The molecule has 0 spiro atoms. The third kappa shape index (κ3) is 6.02. The van der Waals surface area contributed by atoms with Gasteiger partial charge >= 0.3 is 6.09 Å². The molecule has 1 fully saturated rings. The summed E-state index contributed by atoms with van der Waals surface area (Å²) in [5.41, 5.74) is 0.0322. The standard InChI is InChI=1S/C26H28F2N8O5S/c1-26(2,3)41-25(37)35-9-7-34(8-10-35)23-18-14-36(32-22(18)30-15-31-23)17-12-20(24(40-4)29-13-17)33-42(38,39)21-6-5-16(27)11-19(21)28/h5-6,11-15,33H,7-10H2,1-4H3. The second-order valence-electron chi connectivity index (χ2n) is 10.4. The molecule has 5 rings (SSSR count). The van der Waals surface area contributed by atoms with Gasteiger partial charge in [0.15, 0.2) is 5.65 Å². The molecule has 0 unspecified atom stereocenters. The van der Waals surface area contributed by atoms with Gasteiger partial charge in [0.05, 0.1) is 24.4 Å². The second-order valence-corrected chi connectivity index (χ2v) is 12.0. The number of rotatable bonds is 6. The van der Waals surface area contributed by atoms with Crippen molar-refractivity contribution in [3.63, 3.8) is 0 Å². The van der Waals surface area contributed by atoms with Crippen LogP contribution >= 0.6 is 0 Å². The molecule has 1 aromatic carbocycles. The smallest absolute Gasteiger partial charge is 0.410 e. The van der Waals surface area contributed by atoms with Crippen molar-refractivity contribution in [2.75, 3.05) is 42.9 Å². The molecule has 13 nitrogen and oxygen atoms in total. The summed E-state index contributed by atoms with van der Waals surface area (Å²) in [5, 5.41) is 5.11. The maximum absolute atomic E-state index is 14.2. The van der Waals surface area contributed by atoms with Gasteiger partial charge in [0, 0.05) is 38.4 Å². The minimum absolute atomic E-state index is 0.0788. The predicted molar refractivity (Wildman–Crippen MR) is 148 cm³/mol.